The molecule has 1 aliphatic carbocycles. The normalized spacial score (nSPS) is 26.7. The fourth-order valence-electron chi connectivity index (χ4n) is 3.47. The summed E-state index contributed by atoms with van der Waals surface area (Å²) in [5.74, 6) is 0.744. The standard InChI is InChI=1S/C16H20N2O2S/c1-2-5-14-13(4-1)18(7-8-19-14)10-12-11-20-16(17-12)15-6-3-9-21-15/h3,6,9,11,13-14H,1-2,4-5,7-8,10H2/t13-,14-/m1/s1. The third kappa shape index (κ3) is 2.78. The van der Waals surface area contributed by atoms with Gasteiger partial charge in [-0.15, -0.1) is 11.3 Å². The predicted octanol–water partition coefficient (Wildman–Crippen LogP) is 3.55. The molecule has 0 unspecified atom stereocenters. The van der Waals surface area contributed by atoms with Crippen LogP contribution in [0.1, 0.15) is 31.4 Å². The zero-order valence-electron chi connectivity index (χ0n) is 12.0. The van der Waals surface area contributed by atoms with E-state index >= 15 is 0 Å². The van der Waals surface area contributed by atoms with Gasteiger partial charge in [0.15, 0.2) is 0 Å². The third-order valence-electron chi connectivity index (χ3n) is 4.50. The van der Waals surface area contributed by atoms with E-state index in [4.69, 9.17) is 9.15 Å². The van der Waals surface area contributed by atoms with Crippen LogP contribution in [0.4, 0.5) is 0 Å². The Morgan fingerprint density at radius 2 is 2.29 bits per heavy atom. The van der Waals surface area contributed by atoms with Crippen LogP contribution in [0.25, 0.3) is 10.8 Å². The van der Waals surface area contributed by atoms with Crippen LogP contribution in [0.2, 0.25) is 0 Å². The van der Waals surface area contributed by atoms with Crippen molar-refractivity contribution in [2.24, 2.45) is 0 Å². The Labute approximate surface area is 128 Å². The highest BCUT2D eigenvalue weighted by Crippen LogP contribution is 2.30. The SMILES string of the molecule is c1csc(-c2nc(CN3CCO[C@@H]4CCCC[C@H]43)co2)c1. The maximum Gasteiger partial charge on any atom is 0.236 e. The van der Waals surface area contributed by atoms with E-state index in [-0.39, 0.29) is 0 Å². The lowest BCUT2D eigenvalue weighted by molar-refractivity contribution is -0.0914. The summed E-state index contributed by atoms with van der Waals surface area (Å²) in [6.45, 7) is 2.72. The average molecular weight is 304 g/mol. The van der Waals surface area contributed by atoms with Crippen molar-refractivity contribution in [3.8, 4) is 10.8 Å². The molecule has 0 radical (unpaired) electrons. The molecule has 2 aliphatic rings. The number of morpholine rings is 1. The summed E-state index contributed by atoms with van der Waals surface area (Å²) in [5.41, 5.74) is 1.03. The summed E-state index contributed by atoms with van der Waals surface area (Å²) in [4.78, 5) is 8.27. The van der Waals surface area contributed by atoms with Crippen LogP contribution in [-0.4, -0.2) is 35.2 Å². The minimum Gasteiger partial charge on any atom is -0.444 e. The van der Waals surface area contributed by atoms with Crippen molar-refractivity contribution < 1.29 is 9.15 Å². The summed E-state index contributed by atoms with van der Waals surface area (Å²) >= 11 is 1.66. The number of hydrogen-bond acceptors (Lipinski definition) is 5. The molecule has 112 valence electrons. The van der Waals surface area contributed by atoms with Gasteiger partial charge in [0, 0.05) is 19.1 Å². The Morgan fingerprint density at radius 1 is 1.33 bits per heavy atom. The first-order valence-corrected chi connectivity index (χ1v) is 8.62. The fraction of sp³-hybridized carbons (Fsp3) is 0.562. The van der Waals surface area contributed by atoms with E-state index < -0.39 is 0 Å². The Kier molecular flexibility index (Phi) is 3.80. The van der Waals surface area contributed by atoms with Crippen molar-refractivity contribution in [3.63, 3.8) is 0 Å². The van der Waals surface area contributed by atoms with Gasteiger partial charge in [-0.1, -0.05) is 18.9 Å². The van der Waals surface area contributed by atoms with E-state index in [0.29, 0.717) is 12.1 Å². The lowest BCUT2D eigenvalue weighted by Gasteiger charge is -2.43. The van der Waals surface area contributed by atoms with Crippen molar-refractivity contribution >= 4 is 11.3 Å². The van der Waals surface area contributed by atoms with Gasteiger partial charge in [0.1, 0.15) is 6.26 Å². The first kappa shape index (κ1) is 13.5. The van der Waals surface area contributed by atoms with E-state index in [1.54, 1.807) is 11.3 Å². The molecule has 0 N–H and O–H groups in total. The smallest absolute Gasteiger partial charge is 0.236 e. The van der Waals surface area contributed by atoms with Gasteiger partial charge in [-0.3, -0.25) is 4.90 Å². The van der Waals surface area contributed by atoms with Gasteiger partial charge in [0.25, 0.3) is 0 Å². The van der Waals surface area contributed by atoms with Gasteiger partial charge in [0.2, 0.25) is 5.89 Å². The highest BCUT2D eigenvalue weighted by molar-refractivity contribution is 7.13. The van der Waals surface area contributed by atoms with Crippen LogP contribution >= 0.6 is 11.3 Å². The second-order valence-corrected chi connectivity index (χ2v) is 6.80. The average Bonchev–Trinajstić information content (AvgIpc) is 3.18. The molecule has 21 heavy (non-hydrogen) atoms. The highest BCUT2D eigenvalue weighted by atomic mass is 32.1. The van der Waals surface area contributed by atoms with Crippen molar-refractivity contribution in [2.75, 3.05) is 13.2 Å². The van der Waals surface area contributed by atoms with E-state index in [1.165, 1.54) is 25.7 Å². The molecule has 0 aromatic carbocycles. The summed E-state index contributed by atoms with van der Waals surface area (Å²) in [6.07, 6.45) is 7.32. The number of ether oxygens (including phenoxy) is 1. The van der Waals surface area contributed by atoms with E-state index in [9.17, 15) is 0 Å². The van der Waals surface area contributed by atoms with Crippen LogP contribution in [0.3, 0.4) is 0 Å². The topological polar surface area (TPSA) is 38.5 Å². The fourth-order valence-corrected chi connectivity index (χ4v) is 4.13. The Hall–Kier alpha value is -1.17. The summed E-state index contributed by atoms with van der Waals surface area (Å²) in [7, 11) is 0. The van der Waals surface area contributed by atoms with Gasteiger partial charge in [-0.25, -0.2) is 4.98 Å². The lowest BCUT2D eigenvalue weighted by Crippen LogP contribution is -2.52. The van der Waals surface area contributed by atoms with E-state index in [0.717, 1.165) is 36.2 Å². The summed E-state index contributed by atoms with van der Waals surface area (Å²) in [6, 6.07) is 4.64. The molecule has 2 aromatic rings. The van der Waals surface area contributed by atoms with E-state index in [2.05, 4.69) is 9.88 Å². The molecule has 4 rings (SSSR count). The summed E-state index contributed by atoms with van der Waals surface area (Å²) in [5, 5.41) is 2.05. The number of nitrogens with zero attached hydrogens (tertiary/aromatic N) is 2. The Bertz CT molecular complexity index is 579. The molecule has 4 nitrogen and oxygen atoms in total. The molecule has 0 amide bonds. The zero-order valence-corrected chi connectivity index (χ0v) is 12.8. The number of fused-ring (bicyclic) bond motifs is 1. The first-order chi connectivity index (χ1) is 10.4. The number of oxazole rings is 1. The maximum absolute atomic E-state index is 5.93. The van der Waals surface area contributed by atoms with Crippen LogP contribution < -0.4 is 0 Å². The predicted molar refractivity (Wildman–Crippen MR) is 82.2 cm³/mol. The number of aromatic nitrogens is 1. The van der Waals surface area contributed by atoms with E-state index in [1.807, 2.05) is 23.8 Å². The van der Waals surface area contributed by atoms with Crippen LogP contribution in [0.5, 0.6) is 0 Å². The number of thiophene rings is 1. The van der Waals surface area contributed by atoms with Crippen LogP contribution in [0.15, 0.2) is 28.2 Å². The van der Waals surface area contributed by atoms with Crippen molar-refractivity contribution in [1.29, 1.82) is 0 Å². The van der Waals surface area contributed by atoms with Crippen molar-refractivity contribution in [3.05, 3.63) is 29.5 Å². The molecule has 1 saturated heterocycles. The quantitative estimate of drug-likeness (QED) is 0.869. The Balaban J connectivity index is 1.47. The van der Waals surface area contributed by atoms with Crippen molar-refractivity contribution in [1.82, 2.24) is 9.88 Å². The third-order valence-corrected chi connectivity index (χ3v) is 5.35. The second-order valence-electron chi connectivity index (χ2n) is 5.85. The van der Waals surface area contributed by atoms with Crippen molar-refractivity contribution in [2.45, 2.75) is 44.4 Å². The minimum atomic E-state index is 0.427. The van der Waals surface area contributed by atoms with Crippen LogP contribution in [0, 0.1) is 0 Å². The second kappa shape index (κ2) is 5.91. The molecule has 2 atom stereocenters. The zero-order chi connectivity index (χ0) is 14.1. The van der Waals surface area contributed by atoms with Crippen LogP contribution in [-0.2, 0) is 11.3 Å². The molecular formula is C16H20N2O2S. The van der Waals surface area contributed by atoms with Gasteiger partial charge in [0.05, 0.1) is 23.3 Å². The molecule has 5 heteroatoms. The molecule has 2 fully saturated rings. The van der Waals surface area contributed by atoms with Gasteiger partial charge in [-0.05, 0) is 24.3 Å². The first-order valence-electron chi connectivity index (χ1n) is 7.74. The molecule has 2 aromatic heterocycles. The Morgan fingerprint density at radius 3 is 3.19 bits per heavy atom. The molecule has 0 bridgehead atoms. The van der Waals surface area contributed by atoms with Gasteiger partial charge >= 0.3 is 0 Å². The van der Waals surface area contributed by atoms with Gasteiger partial charge in [-0.2, -0.15) is 0 Å². The molecular weight excluding hydrogens is 284 g/mol. The molecule has 3 heterocycles. The molecule has 0 spiro atoms. The summed E-state index contributed by atoms with van der Waals surface area (Å²) < 4.78 is 11.6. The lowest BCUT2D eigenvalue weighted by atomic mass is 9.90. The number of hydrogen-bond donors (Lipinski definition) is 0. The largest absolute Gasteiger partial charge is 0.444 e. The molecule has 1 saturated carbocycles. The molecule has 1 aliphatic heterocycles. The van der Waals surface area contributed by atoms with Gasteiger partial charge < -0.3 is 9.15 Å². The number of rotatable bonds is 3. The maximum atomic E-state index is 5.93. The monoisotopic (exact) mass is 304 g/mol. The highest BCUT2D eigenvalue weighted by Gasteiger charge is 2.34. The minimum absolute atomic E-state index is 0.427.